The normalized spacial score (nSPS) is 14.4. The third kappa shape index (κ3) is 3.97. The minimum absolute atomic E-state index is 0.628. The van der Waals surface area contributed by atoms with Gasteiger partial charge in [0.25, 0.3) is 0 Å². The Morgan fingerprint density at radius 2 is 2.21 bits per heavy atom. The first-order valence-electron chi connectivity index (χ1n) is 7.06. The van der Waals surface area contributed by atoms with Crippen molar-refractivity contribution in [3.63, 3.8) is 0 Å². The van der Waals surface area contributed by atoms with Crippen LogP contribution in [0.25, 0.3) is 0 Å². The highest BCUT2D eigenvalue weighted by Crippen LogP contribution is 2.30. The van der Waals surface area contributed by atoms with Crippen molar-refractivity contribution in [3.05, 3.63) is 29.3 Å². The molecule has 0 spiro atoms. The van der Waals surface area contributed by atoms with E-state index < -0.39 is 0 Å². The molecule has 0 bridgehead atoms. The molecule has 19 heavy (non-hydrogen) atoms. The summed E-state index contributed by atoms with van der Waals surface area (Å²) in [5, 5.41) is 9.12. The lowest BCUT2D eigenvalue weighted by Crippen LogP contribution is -2.26. The maximum atomic E-state index is 9.12. The Kier molecular flexibility index (Phi) is 4.81. The van der Waals surface area contributed by atoms with E-state index in [2.05, 4.69) is 24.0 Å². The molecule has 102 valence electrons. The standard InChI is InChI=1S/C16H22N2O/c1-3-8-18(11-13-4-5-13)12-14-6-7-16(19-2)15(9-14)10-17/h6-7,9,13H,3-5,8,11-12H2,1-2H3. The van der Waals surface area contributed by atoms with Crippen LogP contribution >= 0.6 is 0 Å². The summed E-state index contributed by atoms with van der Waals surface area (Å²) in [4.78, 5) is 2.50. The first kappa shape index (κ1) is 13.9. The lowest BCUT2D eigenvalue weighted by Gasteiger charge is -2.21. The molecule has 3 nitrogen and oxygen atoms in total. The number of nitrogens with zero attached hydrogens (tertiary/aromatic N) is 2. The monoisotopic (exact) mass is 258 g/mol. The molecule has 2 rings (SSSR count). The van der Waals surface area contributed by atoms with Crippen LogP contribution in [0.15, 0.2) is 18.2 Å². The summed E-state index contributed by atoms with van der Waals surface area (Å²) < 4.78 is 5.18. The molecule has 0 heterocycles. The SMILES string of the molecule is CCCN(Cc1ccc(OC)c(C#N)c1)CC1CC1. The van der Waals surface area contributed by atoms with Gasteiger partial charge in [-0.1, -0.05) is 13.0 Å². The van der Waals surface area contributed by atoms with Gasteiger partial charge < -0.3 is 4.74 Å². The smallest absolute Gasteiger partial charge is 0.136 e. The van der Waals surface area contributed by atoms with E-state index in [-0.39, 0.29) is 0 Å². The minimum Gasteiger partial charge on any atom is -0.495 e. The van der Waals surface area contributed by atoms with Crippen molar-refractivity contribution in [1.82, 2.24) is 4.90 Å². The zero-order valence-electron chi connectivity index (χ0n) is 11.9. The van der Waals surface area contributed by atoms with Crippen LogP contribution in [0.2, 0.25) is 0 Å². The van der Waals surface area contributed by atoms with Gasteiger partial charge in [-0.25, -0.2) is 0 Å². The number of rotatable bonds is 7. The summed E-state index contributed by atoms with van der Waals surface area (Å²) >= 11 is 0. The van der Waals surface area contributed by atoms with E-state index >= 15 is 0 Å². The molecule has 1 fully saturated rings. The van der Waals surface area contributed by atoms with Gasteiger partial charge in [-0.15, -0.1) is 0 Å². The van der Waals surface area contributed by atoms with Gasteiger partial charge in [0, 0.05) is 13.1 Å². The molecule has 0 aliphatic heterocycles. The van der Waals surface area contributed by atoms with Crippen LogP contribution < -0.4 is 4.74 Å². The summed E-state index contributed by atoms with van der Waals surface area (Å²) in [5.74, 6) is 1.57. The van der Waals surface area contributed by atoms with Gasteiger partial charge in [0.2, 0.25) is 0 Å². The molecule has 0 N–H and O–H groups in total. The second kappa shape index (κ2) is 6.58. The maximum absolute atomic E-state index is 9.12. The molecule has 1 aliphatic carbocycles. The fourth-order valence-corrected chi connectivity index (χ4v) is 2.42. The van der Waals surface area contributed by atoms with Crippen molar-refractivity contribution in [3.8, 4) is 11.8 Å². The van der Waals surface area contributed by atoms with Crippen molar-refractivity contribution in [1.29, 1.82) is 5.26 Å². The van der Waals surface area contributed by atoms with Crippen LogP contribution in [0.5, 0.6) is 5.75 Å². The van der Waals surface area contributed by atoms with Crippen molar-refractivity contribution in [2.24, 2.45) is 5.92 Å². The molecular weight excluding hydrogens is 236 g/mol. The molecule has 3 heteroatoms. The summed E-state index contributed by atoms with van der Waals surface area (Å²) in [7, 11) is 1.60. The van der Waals surface area contributed by atoms with E-state index in [0.717, 1.165) is 19.0 Å². The van der Waals surface area contributed by atoms with Crippen LogP contribution in [0.1, 0.15) is 37.3 Å². The van der Waals surface area contributed by atoms with Crippen molar-refractivity contribution in [2.75, 3.05) is 20.2 Å². The van der Waals surface area contributed by atoms with Gasteiger partial charge in [-0.05, 0) is 49.4 Å². The molecule has 0 unspecified atom stereocenters. The molecule has 1 saturated carbocycles. The Morgan fingerprint density at radius 1 is 1.42 bits per heavy atom. The Balaban J connectivity index is 2.05. The summed E-state index contributed by atoms with van der Waals surface area (Å²) in [6.45, 7) is 5.48. The van der Waals surface area contributed by atoms with Crippen molar-refractivity contribution in [2.45, 2.75) is 32.7 Å². The zero-order valence-corrected chi connectivity index (χ0v) is 11.9. The number of benzene rings is 1. The first-order chi connectivity index (χ1) is 9.26. The van der Waals surface area contributed by atoms with Crippen LogP contribution in [-0.2, 0) is 6.54 Å². The third-order valence-electron chi connectivity index (χ3n) is 3.54. The second-order valence-electron chi connectivity index (χ2n) is 5.32. The van der Waals surface area contributed by atoms with E-state index in [9.17, 15) is 0 Å². The van der Waals surface area contributed by atoms with Gasteiger partial charge in [-0.3, -0.25) is 4.90 Å². The van der Waals surface area contributed by atoms with E-state index in [1.54, 1.807) is 7.11 Å². The van der Waals surface area contributed by atoms with Crippen LogP contribution in [-0.4, -0.2) is 25.1 Å². The summed E-state index contributed by atoms with van der Waals surface area (Å²) in [5.41, 5.74) is 1.83. The minimum atomic E-state index is 0.628. The third-order valence-corrected chi connectivity index (χ3v) is 3.54. The predicted molar refractivity (Wildman–Crippen MR) is 76.0 cm³/mol. The average molecular weight is 258 g/mol. The van der Waals surface area contributed by atoms with Gasteiger partial charge in [-0.2, -0.15) is 5.26 Å². The number of hydrogen-bond donors (Lipinski definition) is 0. The van der Waals surface area contributed by atoms with E-state index in [0.29, 0.717) is 11.3 Å². The quantitative estimate of drug-likeness (QED) is 0.753. The highest BCUT2D eigenvalue weighted by Gasteiger charge is 2.24. The fourth-order valence-electron chi connectivity index (χ4n) is 2.42. The number of methoxy groups -OCH3 is 1. The summed E-state index contributed by atoms with van der Waals surface area (Å²) in [6, 6.07) is 8.12. The molecule has 1 aromatic carbocycles. The predicted octanol–water partition coefficient (Wildman–Crippen LogP) is 3.19. The molecule has 1 aliphatic rings. The molecular formula is C16H22N2O. The average Bonchev–Trinajstić information content (AvgIpc) is 3.22. The number of ether oxygens (including phenoxy) is 1. The topological polar surface area (TPSA) is 36.3 Å². The van der Waals surface area contributed by atoms with Gasteiger partial charge >= 0.3 is 0 Å². The van der Waals surface area contributed by atoms with Gasteiger partial charge in [0.05, 0.1) is 12.7 Å². The molecule has 0 radical (unpaired) electrons. The molecule has 0 amide bonds. The molecule has 0 atom stereocenters. The Bertz CT molecular complexity index is 460. The van der Waals surface area contributed by atoms with Gasteiger partial charge in [0.1, 0.15) is 11.8 Å². The Hall–Kier alpha value is -1.53. The summed E-state index contributed by atoms with van der Waals surface area (Å²) in [6.07, 6.45) is 3.94. The highest BCUT2D eigenvalue weighted by molar-refractivity contribution is 5.45. The van der Waals surface area contributed by atoms with Crippen molar-refractivity contribution >= 4 is 0 Å². The largest absolute Gasteiger partial charge is 0.495 e. The molecule has 1 aromatic rings. The Morgan fingerprint density at radius 3 is 2.79 bits per heavy atom. The van der Waals surface area contributed by atoms with E-state index in [1.807, 2.05) is 12.1 Å². The first-order valence-corrected chi connectivity index (χ1v) is 7.06. The van der Waals surface area contributed by atoms with Gasteiger partial charge in [0.15, 0.2) is 0 Å². The van der Waals surface area contributed by atoms with Crippen LogP contribution in [0, 0.1) is 17.2 Å². The second-order valence-corrected chi connectivity index (χ2v) is 5.32. The van der Waals surface area contributed by atoms with E-state index in [4.69, 9.17) is 10.00 Å². The highest BCUT2D eigenvalue weighted by atomic mass is 16.5. The number of hydrogen-bond acceptors (Lipinski definition) is 3. The Labute approximate surface area is 115 Å². The van der Waals surface area contributed by atoms with E-state index in [1.165, 1.54) is 31.4 Å². The lowest BCUT2D eigenvalue weighted by molar-refractivity contribution is 0.255. The number of nitriles is 1. The maximum Gasteiger partial charge on any atom is 0.136 e. The lowest BCUT2D eigenvalue weighted by atomic mass is 10.1. The fraction of sp³-hybridized carbons (Fsp3) is 0.562. The van der Waals surface area contributed by atoms with Crippen LogP contribution in [0.4, 0.5) is 0 Å². The molecule has 0 aromatic heterocycles. The van der Waals surface area contributed by atoms with Crippen LogP contribution in [0.3, 0.4) is 0 Å². The molecule has 0 saturated heterocycles. The zero-order chi connectivity index (χ0) is 13.7. The van der Waals surface area contributed by atoms with Crippen molar-refractivity contribution < 1.29 is 4.74 Å².